The highest BCUT2D eigenvalue weighted by atomic mass is 28.3. The molecule has 0 N–H and O–H groups in total. The SMILES string of the molecule is CC(C)(C)[Si](C)(C)N1C(=O)[C@@](C)(N=Cc2ccccc2)[C@@H]1Oc1ccccc1. The van der Waals surface area contributed by atoms with E-state index in [9.17, 15) is 4.79 Å². The first-order valence-corrected chi connectivity index (χ1v) is 12.7. The molecule has 1 fully saturated rings. The van der Waals surface area contributed by atoms with Crippen LogP contribution in [-0.4, -0.2) is 36.7 Å². The molecule has 2 aromatic rings. The molecule has 4 nitrogen and oxygen atoms in total. The van der Waals surface area contributed by atoms with Gasteiger partial charge in [0.1, 0.15) is 5.75 Å². The Morgan fingerprint density at radius 2 is 1.57 bits per heavy atom. The minimum absolute atomic E-state index is 0.0193. The largest absolute Gasteiger partial charge is 0.468 e. The predicted octanol–water partition coefficient (Wildman–Crippen LogP) is 5.12. The highest BCUT2D eigenvalue weighted by molar-refractivity contribution is 6.80. The minimum Gasteiger partial charge on any atom is -0.468 e. The maximum atomic E-state index is 13.4. The molecule has 0 aliphatic carbocycles. The van der Waals surface area contributed by atoms with Gasteiger partial charge < -0.3 is 9.30 Å². The van der Waals surface area contributed by atoms with Crippen LogP contribution in [0.15, 0.2) is 65.7 Å². The zero-order chi connectivity index (χ0) is 20.6. The van der Waals surface area contributed by atoms with Gasteiger partial charge in [-0.3, -0.25) is 9.79 Å². The highest BCUT2D eigenvalue weighted by Crippen LogP contribution is 2.47. The molecule has 3 rings (SSSR count). The van der Waals surface area contributed by atoms with E-state index in [2.05, 4.69) is 33.9 Å². The average molecular weight is 395 g/mol. The molecular formula is C23H30N2O2Si. The Labute approximate surface area is 169 Å². The summed E-state index contributed by atoms with van der Waals surface area (Å²) in [6.45, 7) is 12.9. The van der Waals surface area contributed by atoms with Gasteiger partial charge in [-0.25, -0.2) is 0 Å². The third-order valence-corrected chi connectivity index (χ3v) is 11.4. The van der Waals surface area contributed by atoms with Crippen molar-refractivity contribution in [1.82, 2.24) is 4.57 Å². The van der Waals surface area contributed by atoms with Crippen LogP contribution in [0.3, 0.4) is 0 Å². The molecule has 148 valence electrons. The summed E-state index contributed by atoms with van der Waals surface area (Å²) in [5.74, 6) is 0.803. The summed E-state index contributed by atoms with van der Waals surface area (Å²) in [6.07, 6.45) is 1.37. The topological polar surface area (TPSA) is 41.9 Å². The standard InChI is InChI=1S/C23H30N2O2Si/c1-22(2,3)28(5,6)25-20(26)23(4,24-17-18-13-9-7-10-14-18)21(25)27-19-15-11-8-12-16-19/h7-17,21H,1-6H3/t21-,23+/m0/s1. The fraction of sp³-hybridized carbons (Fsp3) is 0.391. The average Bonchev–Trinajstić information content (AvgIpc) is 2.66. The van der Waals surface area contributed by atoms with E-state index in [4.69, 9.17) is 9.73 Å². The molecule has 5 heteroatoms. The van der Waals surface area contributed by atoms with E-state index in [0.717, 1.165) is 11.3 Å². The van der Waals surface area contributed by atoms with Crippen LogP contribution in [0.5, 0.6) is 5.75 Å². The van der Waals surface area contributed by atoms with E-state index in [1.54, 1.807) is 6.21 Å². The van der Waals surface area contributed by atoms with Crippen molar-refractivity contribution in [3.05, 3.63) is 66.2 Å². The van der Waals surface area contributed by atoms with Gasteiger partial charge in [0.25, 0.3) is 5.91 Å². The van der Waals surface area contributed by atoms with Crippen molar-refractivity contribution in [2.45, 2.75) is 57.6 Å². The number of nitrogens with zero attached hydrogens (tertiary/aromatic N) is 2. The number of aliphatic imine (C=N–C) groups is 1. The fourth-order valence-electron chi connectivity index (χ4n) is 3.21. The molecule has 0 unspecified atom stereocenters. The lowest BCUT2D eigenvalue weighted by molar-refractivity contribution is -0.166. The van der Waals surface area contributed by atoms with Crippen molar-refractivity contribution in [2.75, 3.05) is 0 Å². The summed E-state index contributed by atoms with van der Waals surface area (Å²) in [6, 6.07) is 19.5. The summed E-state index contributed by atoms with van der Waals surface area (Å²) < 4.78 is 8.33. The zero-order valence-corrected chi connectivity index (χ0v) is 18.6. The summed E-state index contributed by atoms with van der Waals surface area (Å²) in [5.41, 5.74) is 0.0436. The Balaban J connectivity index is 1.97. The highest BCUT2D eigenvalue weighted by Gasteiger charge is 2.65. The summed E-state index contributed by atoms with van der Waals surface area (Å²) in [7, 11) is -2.11. The number of rotatable bonds is 5. The number of amides is 1. The van der Waals surface area contributed by atoms with E-state index in [0.29, 0.717) is 0 Å². The Kier molecular flexibility index (Phi) is 5.23. The number of hydrogen-bond donors (Lipinski definition) is 0. The van der Waals surface area contributed by atoms with Crippen molar-refractivity contribution in [2.24, 2.45) is 4.99 Å². The molecule has 1 aliphatic heterocycles. The second kappa shape index (κ2) is 7.21. The number of β-lactam (4-membered cyclic amide) rings is 1. The first-order chi connectivity index (χ1) is 13.1. The Morgan fingerprint density at radius 1 is 1.04 bits per heavy atom. The fourth-order valence-corrected chi connectivity index (χ4v) is 5.56. The molecule has 1 amide bonds. The van der Waals surface area contributed by atoms with E-state index in [1.165, 1.54) is 0 Å². The second-order valence-electron chi connectivity index (χ2n) is 9.08. The van der Waals surface area contributed by atoms with E-state index >= 15 is 0 Å². The third-order valence-electron chi connectivity index (χ3n) is 6.08. The molecule has 0 saturated carbocycles. The quantitative estimate of drug-likeness (QED) is 0.401. The molecule has 28 heavy (non-hydrogen) atoms. The monoisotopic (exact) mass is 394 g/mol. The zero-order valence-electron chi connectivity index (χ0n) is 17.6. The van der Waals surface area contributed by atoms with Crippen LogP contribution < -0.4 is 4.74 Å². The van der Waals surface area contributed by atoms with Gasteiger partial charge in [0.15, 0.2) is 13.8 Å². The van der Waals surface area contributed by atoms with Crippen LogP contribution >= 0.6 is 0 Å². The number of para-hydroxylation sites is 1. The molecule has 1 saturated heterocycles. The molecule has 2 aromatic carbocycles. The molecule has 0 radical (unpaired) electrons. The number of hydrogen-bond acceptors (Lipinski definition) is 3. The summed E-state index contributed by atoms with van der Waals surface area (Å²) in [4.78, 5) is 18.1. The molecule has 0 spiro atoms. The first-order valence-electron chi connectivity index (χ1n) is 9.73. The van der Waals surface area contributed by atoms with Crippen LogP contribution in [0, 0.1) is 0 Å². The maximum absolute atomic E-state index is 13.4. The van der Waals surface area contributed by atoms with Gasteiger partial charge in [-0.15, -0.1) is 0 Å². The van der Waals surface area contributed by atoms with Crippen LogP contribution in [-0.2, 0) is 4.79 Å². The van der Waals surface area contributed by atoms with Gasteiger partial charge in [0.2, 0.25) is 6.23 Å². The van der Waals surface area contributed by atoms with Gasteiger partial charge in [-0.1, -0.05) is 82.4 Å². The number of ether oxygens (including phenoxy) is 1. The maximum Gasteiger partial charge on any atom is 0.251 e. The van der Waals surface area contributed by atoms with Crippen molar-refractivity contribution in [3.63, 3.8) is 0 Å². The van der Waals surface area contributed by atoms with E-state index < -0.39 is 20.0 Å². The van der Waals surface area contributed by atoms with Crippen LogP contribution in [0.2, 0.25) is 18.1 Å². The molecule has 0 bridgehead atoms. The lowest BCUT2D eigenvalue weighted by Gasteiger charge is -2.60. The van der Waals surface area contributed by atoms with Crippen LogP contribution in [0.4, 0.5) is 0 Å². The van der Waals surface area contributed by atoms with Gasteiger partial charge in [0, 0.05) is 6.21 Å². The Morgan fingerprint density at radius 3 is 2.11 bits per heavy atom. The summed E-state index contributed by atoms with van der Waals surface area (Å²) >= 11 is 0. The Hall–Kier alpha value is -2.40. The molecule has 0 aromatic heterocycles. The van der Waals surface area contributed by atoms with Gasteiger partial charge in [0.05, 0.1) is 0 Å². The normalized spacial score (nSPS) is 23.0. The minimum atomic E-state index is -2.11. The van der Waals surface area contributed by atoms with Crippen molar-refractivity contribution in [3.8, 4) is 5.75 Å². The predicted molar refractivity (Wildman–Crippen MR) is 117 cm³/mol. The van der Waals surface area contributed by atoms with Crippen LogP contribution in [0.25, 0.3) is 0 Å². The number of benzene rings is 2. The lowest BCUT2D eigenvalue weighted by Crippen LogP contribution is -2.81. The summed E-state index contributed by atoms with van der Waals surface area (Å²) in [5, 5.41) is 0.0193. The van der Waals surface area contributed by atoms with Gasteiger partial charge in [-0.05, 0) is 29.7 Å². The van der Waals surface area contributed by atoms with Gasteiger partial charge >= 0.3 is 0 Å². The molecule has 1 heterocycles. The third kappa shape index (κ3) is 3.51. The number of carbonyl (C=O) groups excluding carboxylic acids is 1. The Bertz CT molecular complexity index is 859. The molecular weight excluding hydrogens is 364 g/mol. The molecule has 1 aliphatic rings. The van der Waals surface area contributed by atoms with Crippen molar-refractivity contribution in [1.29, 1.82) is 0 Å². The van der Waals surface area contributed by atoms with E-state index in [1.807, 2.05) is 72.2 Å². The van der Waals surface area contributed by atoms with Crippen molar-refractivity contribution >= 4 is 20.4 Å². The smallest absolute Gasteiger partial charge is 0.251 e. The van der Waals surface area contributed by atoms with Crippen molar-refractivity contribution < 1.29 is 9.53 Å². The number of carbonyl (C=O) groups is 1. The van der Waals surface area contributed by atoms with E-state index in [-0.39, 0.29) is 10.9 Å². The second-order valence-corrected chi connectivity index (χ2v) is 14.2. The lowest BCUT2D eigenvalue weighted by atomic mass is 9.91. The van der Waals surface area contributed by atoms with Gasteiger partial charge in [-0.2, -0.15) is 0 Å². The van der Waals surface area contributed by atoms with Crippen LogP contribution in [0.1, 0.15) is 33.3 Å². The molecule has 2 atom stereocenters. The first kappa shape index (κ1) is 20.3.